The van der Waals surface area contributed by atoms with E-state index in [2.05, 4.69) is 34.7 Å². The number of amides is 2. The molecule has 162 valence electrons. The number of unbranched alkanes of at least 4 members (excludes halogenated alkanes) is 1. The number of likely N-dealkylation sites (tertiary alicyclic amines) is 1. The standard InChI is InChI=1S/C22H36N4O3/c1-3-5-13-29-14-7-11-25-22(23-4-2)24-10-6-12-26-20(27)18-16-8-9-17(15-16)19(18)21(26)28/h8-9,16-19H,3-7,10-15H2,1-2H3,(H2,23,24,25). The van der Waals surface area contributed by atoms with Gasteiger partial charge < -0.3 is 15.4 Å². The molecule has 1 saturated carbocycles. The monoisotopic (exact) mass is 404 g/mol. The summed E-state index contributed by atoms with van der Waals surface area (Å²) in [5.74, 6) is 1.21. The Morgan fingerprint density at radius 2 is 1.76 bits per heavy atom. The van der Waals surface area contributed by atoms with E-state index in [0.717, 1.165) is 57.9 Å². The van der Waals surface area contributed by atoms with Crippen LogP contribution in [-0.4, -0.2) is 62.1 Å². The van der Waals surface area contributed by atoms with Gasteiger partial charge >= 0.3 is 0 Å². The van der Waals surface area contributed by atoms with E-state index < -0.39 is 0 Å². The van der Waals surface area contributed by atoms with Crippen molar-refractivity contribution in [2.24, 2.45) is 28.7 Å². The Balaban J connectivity index is 1.36. The fourth-order valence-corrected chi connectivity index (χ4v) is 4.68. The molecule has 7 nitrogen and oxygen atoms in total. The van der Waals surface area contributed by atoms with Gasteiger partial charge in [-0.25, -0.2) is 0 Å². The fraction of sp³-hybridized carbons (Fsp3) is 0.773. The maximum absolute atomic E-state index is 12.7. The number of nitrogens with one attached hydrogen (secondary N) is 2. The van der Waals surface area contributed by atoms with E-state index in [1.165, 1.54) is 4.90 Å². The summed E-state index contributed by atoms with van der Waals surface area (Å²) in [6, 6.07) is 0. The van der Waals surface area contributed by atoms with Crippen LogP contribution in [0.15, 0.2) is 17.1 Å². The number of ether oxygens (including phenoxy) is 1. The minimum Gasteiger partial charge on any atom is -0.381 e. The van der Waals surface area contributed by atoms with Gasteiger partial charge in [0, 0.05) is 39.4 Å². The molecule has 0 aromatic carbocycles. The maximum atomic E-state index is 12.7. The number of hydrogen-bond acceptors (Lipinski definition) is 4. The highest BCUT2D eigenvalue weighted by Gasteiger charge is 2.58. The van der Waals surface area contributed by atoms with Gasteiger partial charge in [-0.3, -0.25) is 19.5 Å². The summed E-state index contributed by atoms with van der Waals surface area (Å²) in [4.78, 5) is 31.4. The van der Waals surface area contributed by atoms with Crippen LogP contribution in [-0.2, 0) is 14.3 Å². The van der Waals surface area contributed by atoms with Crippen molar-refractivity contribution in [2.45, 2.75) is 46.0 Å². The van der Waals surface area contributed by atoms with Gasteiger partial charge in [-0.2, -0.15) is 0 Å². The number of imide groups is 1. The number of rotatable bonds is 12. The second-order valence-electron chi connectivity index (χ2n) is 8.19. The predicted molar refractivity (Wildman–Crippen MR) is 113 cm³/mol. The molecule has 0 aromatic rings. The van der Waals surface area contributed by atoms with Gasteiger partial charge in [0.05, 0.1) is 11.8 Å². The van der Waals surface area contributed by atoms with E-state index in [1.54, 1.807) is 0 Å². The lowest BCUT2D eigenvalue weighted by molar-refractivity contribution is -0.140. The minimum absolute atomic E-state index is 0.0361. The maximum Gasteiger partial charge on any atom is 0.233 e. The molecule has 7 heteroatoms. The van der Waals surface area contributed by atoms with E-state index in [0.29, 0.717) is 19.5 Å². The lowest BCUT2D eigenvalue weighted by Gasteiger charge is -2.17. The Bertz CT molecular complexity index is 604. The molecule has 2 aliphatic carbocycles. The van der Waals surface area contributed by atoms with Gasteiger partial charge in [-0.05, 0) is 44.4 Å². The van der Waals surface area contributed by atoms with Crippen molar-refractivity contribution in [1.82, 2.24) is 15.5 Å². The molecule has 3 aliphatic rings. The molecule has 2 bridgehead atoms. The van der Waals surface area contributed by atoms with Crippen LogP contribution in [0.3, 0.4) is 0 Å². The molecule has 0 aromatic heterocycles. The predicted octanol–water partition coefficient (Wildman–Crippen LogP) is 1.95. The van der Waals surface area contributed by atoms with E-state index >= 15 is 0 Å². The second kappa shape index (κ2) is 10.8. The van der Waals surface area contributed by atoms with Crippen molar-refractivity contribution in [1.29, 1.82) is 0 Å². The molecule has 4 unspecified atom stereocenters. The van der Waals surface area contributed by atoms with Gasteiger partial charge in [0.1, 0.15) is 0 Å². The lowest BCUT2D eigenvalue weighted by Crippen LogP contribution is -2.38. The fourth-order valence-electron chi connectivity index (χ4n) is 4.68. The topological polar surface area (TPSA) is 83.0 Å². The molecule has 2 N–H and O–H groups in total. The molecule has 2 fully saturated rings. The third kappa shape index (κ3) is 5.18. The first-order chi connectivity index (χ1) is 14.2. The summed E-state index contributed by atoms with van der Waals surface area (Å²) in [5.41, 5.74) is 0. The Morgan fingerprint density at radius 3 is 2.41 bits per heavy atom. The van der Waals surface area contributed by atoms with Crippen LogP contribution in [0.1, 0.15) is 46.0 Å². The summed E-state index contributed by atoms with van der Waals surface area (Å²) in [5, 5.41) is 6.55. The minimum atomic E-state index is -0.0977. The number of nitrogens with zero attached hydrogens (tertiary/aromatic N) is 2. The zero-order valence-electron chi connectivity index (χ0n) is 17.9. The van der Waals surface area contributed by atoms with E-state index in [1.807, 2.05) is 6.92 Å². The highest BCUT2D eigenvalue weighted by molar-refractivity contribution is 6.06. The zero-order valence-corrected chi connectivity index (χ0v) is 17.9. The molecule has 0 radical (unpaired) electrons. The Kier molecular flexibility index (Phi) is 8.09. The first-order valence-corrected chi connectivity index (χ1v) is 11.3. The summed E-state index contributed by atoms with van der Waals surface area (Å²) in [6.45, 7) is 8.43. The van der Waals surface area contributed by atoms with Gasteiger partial charge in [-0.15, -0.1) is 0 Å². The molecular formula is C22H36N4O3. The van der Waals surface area contributed by atoms with E-state index in [-0.39, 0.29) is 35.5 Å². The largest absolute Gasteiger partial charge is 0.381 e. The molecule has 4 atom stereocenters. The van der Waals surface area contributed by atoms with Gasteiger partial charge in [0.2, 0.25) is 11.8 Å². The number of allylic oxidation sites excluding steroid dienone is 2. The van der Waals surface area contributed by atoms with Gasteiger partial charge in [0.15, 0.2) is 5.96 Å². The number of guanidine groups is 1. The smallest absolute Gasteiger partial charge is 0.233 e. The Labute approximate surface area is 174 Å². The van der Waals surface area contributed by atoms with Crippen molar-refractivity contribution in [2.75, 3.05) is 39.4 Å². The van der Waals surface area contributed by atoms with Crippen LogP contribution < -0.4 is 10.6 Å². The third-order valence-corrected chi connectivity index (χ3v) is 6.12. The van der Waals surface area contributed by atoms with Crippen LogP contribution in [0.4, 0.5) is 0 Å². The van der Waals surface area contributed by atoms with Crippen molar-refractivity contribution in [3.8, 4) is 0 Å². The van der Waals surface area contributed by atoms with Crippen molar-refractivity contribution < 1.29 is 14.3 Å². The van der Waals surface area contributed by atoms with Crippen LogP contribution in [0.2, 0.25) is 0 Å². The second-order valence-corrected chi connectivity index (χ2v) is 8.19. The zero-order chi connectivity index (χ0) is 20.6. The average Bonchev–Trinajstić information content (AvgIpc) is 3.39. The van der Waals surface area contributed by atoms with Crippen LogP contribution in [0, 0.1) is 23.7 Å². The molecule has 1 saturated heterocycles. The highest BCUT2D eigenvalue weighted by atomic mass is 16.5. The quantitative estimate of drug-likeness (QED) is 0.171. The molecule has 2 amide bonds. The van der Waals surface area contributed by atoms with Crippen molar-refractivity contribution in [3.63, 3.8) is 0 Å². The lowest BCUT2D eigenvalue weighted by atomic mass is 9.85. The van der Waals surface area contributed by atoms with E-state index in [4.69, 9.17) is 4.74 Å². The van der Waals surface area contributed by atoms with E-state index in [9.17, 15) is 9.59 Å². The highest BCUT2D eigenvalue weighted by Crippen LogP contribution is 2.52. The number of carbonyl (C=O) groups excluding carboxylic acids is 2. The number of carbonyl (C=O) groups is 2. The van der Waals surface area contributed by atoms with Crippen LogP contribution in [0.25, 0.3) is 0 Å². The summed E-state index contributed by atoms with van der Waals surface area (Å²) < 4.78 is 5.57. The average molecular weight is 405 g/mol. The van der Waals surface area contributed by atoms with Crippen LogP contribution in [0.5, 0.6) is 0 Å². The van der Waals surface area contributed by atoms with Crippen molar-refractivity contribution >= 4 is 17.8 Å². The van der Waals surface area contributed by atoms with Gasteiger partial charge in [-0.1, -0.05) is 25.5 Å². The molecule has 1 heterocycles. The first kappa shape index (κ1) is 21.8. The number of hydrogen-bond donors (Lipinski definition) is 2. The molecule has 0 spiro atoms. The first-order valence-electron chi connectivity index (χ1n) is 11.3. The molecule has 1 aliphatic heterocycles. The van der Waals surface area contributed by atoms with Crippen LogP contribution >= 0.6 is 0 Å². The summed E-state index contributed by atoms with van der Waals surface area (Å²) >= 11 is 0. The number of aliphatic imine (C=N–C) groups is 1. The third-order valence-electron chi connectivity index (χ3n) is 6.12. The SMILES string of the molecule is CCCCOCCCNC(=NCCCN1C(=O)C2C3C=CC(C3)C2C1=O)NCC. The Morgan fingerprint density at radius 1 is 1.07 bits per heavy atom. The normalized spacial score (nSPS) is 27.8. The number of fused-ring (bicyclic) bond motifs is 5. The molecule has 29 heavy (non-hydrogen) atoms. The summed E-state index contributed by atoms with van der Waals surface area (Å²) in [6.07, 6.45) is 9.14. The van der Waals surface area contributed by atoms with Gasteiger partial charge in [0.25, 0.3) is 0 Å². The Hall–Kier alpha value is -1.89. The molecular weight excluding hydrogens is 368 g/mol. The summed E-state index contributed by atoms with van der Waals surface area (Å²) in [7, 11) is 0. The molecule has 3 rings (SSSR count). The van der Waals surface area contributed by atoms with Crippen molar-refractivity contribution in [3.05, 3.63) is 12.2 Å².